The topological polar surface area (TPSA) is 91.1 Å². The Kier molecular flexibility index (Phi) is 6.06. The molecule has 1 aromatic rings. The molecule has 156 valence electrons. The van der Waals surface area contributed by atoms with E-state index in [4.69, 9.17) is 5.11 Å². The van der Waals surface area contributed by atoms with Gasteiger partial charge in [-0.2, -0.15) is 13.2 Å². The van der Waals surface area contributed by atoms with Crippen LogP contribution in [0.3, 0.4) is 0 Å². The maximum Gasteiger partial charge on any atom is 0.410 e. The number of amidine groups is 1. The Morgan fingerprint density at radius 1 is 1.39 bits per heavy atom. The van der Waals surface area contributed by atoms with Gasteiger partial charge in [0.15, 0.2) is 0 Å². The maximum absolute atomic E-state index is 14.5. The van der Waals surface area contributed by atoms with Gasteiger partial charge in [0.05, 0.1) is 15.5 Å². The number of amides is 1. The Balaban J connectivity index is 2.76. The molecule has 1 aromatic carbocycles. The summed E-state index contributed by atoms with van der Waals surface area (Å²) in [5.74, 6) is -1.52. The molecule has 1 amide bonds. The van der Waals surface area contributed by atoms with E-state index in [1.165, 1.54) is 32.9 Å². The van der Waals surface area contributed by atoms with E-state index >= 15 is 0 Å². The molecule has 1 heterocycles. The summed E-state index contributed by atoms with van der Waals surface area (Å²) in [6.45, 7) is 2.33. The average Bonchev–Trinajstić information content (AvgIpc) is 2.52. The molecular weight excluding hydrogens is 517 g/mol. The van der Waals surface area contributed by atoms with E-state index in [2.05, 4.69) is 9.36 Å². The van der Waals surface area contributed by atoms with Crippen LogP contribution in [0.2, 0.25) is 0 Å². The standard InChI is InChI=1S/C16H18F4IN3O3S/c1-14(2)12(23-13(25)26)24-15(3,10-6-9(21)4-5-11(10)17)8-28(14,27)22-7-16(18,19)20/h4-6H,7-8H2,1-3H3,(H,23,24)(H,25,26)/t15-,28-/m0/s1. The number of hydrogen-bond donors (Lipinski definition) is 2. The van der Waals surface area contributed by atoms with Gasteiger partial charge in [0.25, 0.3) is 0 Å². The molecule has 0 bridgehead atoms. The first-order valence-electron chi connectivity index (χ1n) is 7.92. The van der Waals surface area contributed by atoms with E-state index in [0.29, 0.717) is 3.57 Å². The predicted octanol–water partition coefficient (Wildman–Crippen LogP) is 4.13. The zero-order valence-electron chi connectivity index (χ0n) is 15.1. The van der Waals surface area contributed by atoms with Gasteiger partial charge in [0, 0.05) is 9.13 Å². The first-order chi connectivity index (χ1) is 12.6. The molecule has 0 radical (unpaired) electrons. The van der Waals surface area contributed by atoms with Crippen molar-refractivity contribution in [3.8, 4) is 0 Å². The van der Waals surface area contributed by atoms with Crippen molar-refractivity contribution in [2.24, 2.45) is 9.36 Å². The van der Waals surface area contributed by atoms with Gasteiger partial charge in [-0.1, -0.05) is 0 Å². The van der Waals surface area contributed by atoms with Gasteiger partial charge in [-0.05, 0) is 61.6 Å². The van der Waals surface area contributed by atoms with Crippen LogP contribution in [0, 0.1) is 9.39 Å². The number of benzene rings is 1. The SMILES string of the molecule is CC1(C)C(NC(=O)O)=N[C@](C)(c2cc(I)ccc2F)C[S@@]1(=O)=NCC(F)(F)F. The monoisotopic (exact) mass is 535 g/mol. The molecule has 0 fully saturated rings. The quantitative estimate of drug-likeness (QED) is 0.441. The average molecular weight is 535 g/mol. The lowest BCUT2D eigenvalue weighted by atomic mass is 9.93. The van der Waals surface area contributed by atoms with E-state index < -0.39 is 50.4 Å². The molecule has 1 aliphatic heterocycles. The second-order valence-electron chi connectivity index (χ2n) is 6.99. The highest BCUT2D eigenvalue weighted by Crippen LogP contribution is 2.40. The van der Waals surface area contributed by atoms with E-state index in [1.807, 2.05) is 27.9 Å². The highest BCUT2D eigenvalue weighted by molar-refractivity contribution is 14.1. The van der Waals surface area contributed by atoms with Gasteiger partial charge in [0.2, 0.25) is 0 Å². The summed E-state index contributed by atoms with van der Waals surface area (Å²) in [4.78, 5) is 15.5. The Morgan fingerprint density at radius 2 is 2.00 bits per heavy atom. The van der Waals surface area contributed by atoms with Crippen molar-refractivity contribution in [3.63, 3.8) is 0 Å². The fraction of sp³-hybridized carbons (Fsp3) is 0.500. The van der Waals surface area contributed by atoms with Crippen LogP contribution in [0.4, 0.5) is 22.4 Å². The molecule has 0 unspecified atom stereocenters. The van der Waals surface area contributed by atoms with Gasteiger partial charge in [0.1, 0.15) is 28.5 Å². The number of carbonyl (C=O) groups is 1. The van der Waals surface area contributed by atoms with Crippen molar-refractivity contribution in [1.29, 1.82) is 0 Å². The van der Waals surface area contributed by atoms with Crippen molar-refractivity contribution < 1.29 is 31.7 Å². The fourth-order valence-corrected chi connectivity index (χ4v) is 5.84. The van der Waals surface area contributed by atoms with Crippen LogP contribution >= 0.6 is 22.6 Å². The second-order valence-corrected chi connectivity index (χ2v) is 11.1. The van der Waals surface area contributed by atoms with Crippen LogP contribution in [0.1, 0.15) is 26.3 Å². The number of aliphatic imine (C=N–C) groups is 1. The number of rotatable bonds is 2. The van der Waals surface area contributed by atoms with Gasteiger partial charge >= 0.3 is 12.3 Å². The van der Waals surface area contributed by atoms with Crippen molar-refractivity contribution in [2.45, 2.75) is 37.2 Å². The Hall–Kier alpha value is -1.44. The van der Waals surface area contributed by atoms with Crippen molar-refractivity contribution >= 4 is 44.2 Å². The molecule has 0 spiro atoms. The van der Waals surface area contributed by atoms with Gasteiger partial charge < -0.3 is 5.11 Å². The number of hydrogen-bond acceptors (Lipinski definition) is 4. The molecule has 1 aliphatic rings. The lowest BCUT2D eigenvalue weighted by Gasteiger charge is -2.41. The minimum absolute atomic E-state index is 0.00507. The molecule has 2 atom stereocenters. The highest BCUT2D eigenvalue weighted by atomic mass is 127. The maximum atomic E-state index is 14.5. The van der Waals surface area contributed by atoms with Crippen molar-refractivity contribution in [2.75, 3.05) is 12.3 Å². The fourth-order valence-electron chi connectivity index (χ4n) is 2.84. The summed E-state index contributed by atoms with van der Waals surface area (Å²) < 4.78 is 68.8. The molecule has 2 N–H and O–H groups in total. The molecule has 12 heteroatoms. The highest BCUT2D eigenvalue weighted by Gasteiger charge is 2.50. The van der Waals surface area contributed by atoms with Crippen LogP contribution in [0.5, 0.6) is 0 Å². The van der Waals surface area contributed by atoms with E-state index in [9.17, 15) is 26.6 Å². The molecule has 0 saturated heterocycles. The summed E-state index contributed by atoms with van der Waals surface area (Å²) in [5.41, 5.74) is -1.58. The number of alkyl halides is 3. The first kappa shape index (κ1) is 22.8. The van der Waals surface area contributed by atoms with E-state index in [0.717, 1.165) is 6.07 Å². The third kappa shape index (κ3) is 4.58. The minimum atomic E-state index is -4.70. The number of nitrogens with one attached hydrogen (secondary N) is 1. The van der Waals surface area contributed by atoms with Gasteiger partial charge in [-0.3, -0.25) is 10.3 Å². The minimum Gasteiger partial charge on any atom is -0.465 e. The number of nitrogens with zero attached hydrogens (tertiary/aromatic N) is 2. The lowest BCUT2D eigenvalue weighted by Crippen LogP contribution is -2.57. The summed E-state index contributed by atoms with van der Waals surface area (Å²) in [6.07, 6.45) is -6.23. The summed E-state index contributed by atoms with van der Waals surface area (Å²) >= 11 is 1.92. The van der Waals surface area contributed by atoms with Crippen LogP contribution in [0.25, 0.3) is 0 Å². The van der Waals surface area contributed by atoms with Crippen LogP contribution in [-0.2, 0) is 15.3 Å². The Labute approximate surface area is 173 Å². The lowest BCUT2D eigenvalue weighted by molar-refractivity contribution is -0.117. The zero-order valence-corrected chi connectivity index (χ0v) is 18.1. The summed E-state index contributed by atoms with van der Waals surface area (Å²) in [7, 11) is -3.70. The molecule has 0 saturated carbocycles. The largest absolute Gasteiger partial charge is 0.465 e. The second kappa shape index (κ2) is 7.43. The van der Waals surface area contributed by atoms with Crippen LogP contribution < -0.4 is 5.32 Å². The Morgan fingerprint density at radius 3 is 2.54 bits per heavy atom. The molecule has 6 nitrogen and oxygen atoms in total. The number of halogens is 5. The predicted molar refractivity (Wildman–Crippen MR) is 106 cm³/mol. The third-order valence-corrected chi connectivity index (χ3v) is 8.35. The summed E-state index contributed by atoms with van der Waals surface area (Å²) in [6, 6.07) is 4.08. The third-order valence-electron chi connectivity index (χ3n) is 4.39. The smallest absolute Gasteiger partial charge is 0.410 e. The van der Waals surface area contributed by atoms with Crippen LogP contribution in [-0.4, -0.2) is 44.5 Å². The molecule has 2 rings (SSSR count). The molecular formula is C16H18F4IN3O3S. The summed E-state index contributed by atoms with van der Waals surface area (Å²) in [5, 5.41) is 11.1. The van der Waals surface area contributed by atoms with Crippen molar-refractivity contribution in [3.05, 3.63) is 33.1 Å². The van der Waals surface area contributed by atoms with Crippen molar-refractivity contribution in [1.82, 2.24) is 5.32 Å². The van der Waals surface area contributed by atoms with Gasteiger partial charge in [-0.25, -0.2) is 17.8 Å². The Bertz CT molecular complexity index is 955. The molecule has 0 aromatic heterocycles. The van der Waals surface area contributed by atoms with E-state index in [-0.39, 0.29) is 11.4 Å². The zero-order chi connectivity index (χ0) is 21.5. The molecule has 0 aliphatic carbocycles. The normalized spacial score (nSPS) is 27.1. The van der Waals surface area contributed by atoms with Crippen LogP contribution in [0.15, 0.2) is 27.6 Å². The number of carboxylic acid groups (broad SMARTS) is 1. The first-order valence-corrected chi connectivity index (χ1v) is 10.7. The molecule has 28 heavy (non-hydrogen) atoms. The van der Waals surface area contributed by atoms with Gasteiger partial charge in [-0.15, -0.1) is 0 Å². The van der Waals surface area contributed by atoms with E-state index in [1.54, 1.807) is 0 Å².